The van der Waals surface area contributed by atoms with Crippen molar-refractivity contribution >= 4 is 23.3 Å². The number of thiocarbonyl (C=S) groups is 1. The summed E-state index contributed by atoms with van der Waals surface area (Å²) in [5, 5.41) is 6.50. The standard InChI is InChI=1S/C14H16N2O3S/c1-8-11(13(17)19-3)12(16-14(20)15-8)9-5-4-6-10(7-9)18-2/h4-7,12H,1-3H3,(H2,15,16,20). The predicted molar refractivity (Wildman–Crippen MR) is 79.3 cm³/mol. The Balaban J connectivity index is 2.48. The van der Waals surface area contributed by atoms with Crippen LogP contribution in [0.2, 0.25) is 0 Å². The zero-order chi connectivity index (χ0) is 14.7. The van der Waals surface area contributed by atoms with Gasteiger partial charge in [0.25, 0.3) is 0 Å². The van der Waals surface area contributed by atoms with Crippen LogP contribution < -0.4 is 15.4 Å². The summed E-state index contributed by atoms with van der Waals surface area (Å²) in [4.78, 5) is 12.0. The maximum Gasteiger partial charge on any atom is 0.337 e. The fourth-order valence-corrected chi connectivity index (χ4v) is 2.42. The van der Waals surface area contributed by atoms with Gasteiger partial charge < -0.3 is 20.1 Å². The van der Waals surface area contributed by atoms with Gasteiger partial charge in [-0.25, -0.2) is 4.79 Å². The summed E-state index contributed by atoms with van der Waals surface area (Å²) in [5.41, 5.74) is 2.08. The summed E-state index contributed by atoms with van der Waals surface area (Å²) in [6.45, 7) is 1.80. The van der Waals surface area contributed by atoms with E-state index in [0.717, 1.165) is 11.3 Å². The SMILES string of the molecule is COC(=O)C1=C(C)NC(=S)NC1c1cccc(OC)c1. The maximum absolute atomic E-state index is 12.0. The molecule has 1 aromatic carbocycles. The number of esters is 1. The minimum Gasteiger partial charge on any atom is -0.497 e. The Morgan fingerprint density at radius 3 is 2.75 bits per heavy atom. The largest absolute Gasteiger partial charge is 0.497 e. The lowest BCUT2D eigenvalue weighted by Crippen LogP contribution is -2.45. The summed E-state index contributed by atoms with van der Waals surface area (Å²) in [6, 6.07) is 7.13. The van der Waals surface area contributed by atoms with E-state index >= 15 is 0 Å². The first-order valence-corrected chi connectivity index (χ1v) is 6.48. The van der Waals surface area contributed by atoms with Crippen molar-refractivity contribution in [1.82, 2.24) is 10.6 Å². The topological polar surface area (TPSA) is 59.6 Å². The molecule has 0 radical (unpaired) electrons. The molecule has 0 spiro atoms. The smallest absolute Gasteiger partial charge is 0.337 e. The summed E-state index contributed by atoms with van der Waals surface area (Å²) in [6.07, 6.45) is 0. The van der Waals surface area contributed by atoms with Crippen molar-refractivity contribution in [2.24, 2.45) is 0 Å². The number of ether oxygens (including phenoxy) is 2. The van der Waals surface area contributed by atoms with E-state index in [4.69, 9.17) is 21.7 Å². The molecular weight excluding hydrogens is 276 g/mol. The lowest BCUT2D eigenvalue weighted by molar-refractivity contribution is -0.136. The molecule has 0 saturated heterocycles. The van der Waals surface area contributed by atoms with Crippen molar-refractivity contribution < 1.29 is 14.3 Å². The third-order valence-corrected chi connectivity index (χ3v) is 3.32. The van der Waals surface area contributed by atoms with Gasteiger partial charge in [-0.1, -0.05) is 12.1 Å². The fraction of sp³-hybridized carbons (Fsp3) is 0.286. The molecule has 0 bridgehead atoms. The van der Waals surface area contributed by atoms with Crippen LogP contribution in [-0.2, 0) is 9.53 Å². The Bertz CT molecular complexity index is 584. The number of nitrogens with one attached hydrogen (secondary N) is 2. The zero-order valence-corrected chi connectivity index (χ0v) is 12.3. The average molecular weight is 292 g/mol. The molecule has 2 rings (SSSR count). The van der Waals surface area contributed by atoms with E-state index < -0.39 is 5.97 Å². The van der Waals surface area contributed by atoms with Crippen LogP contribution in [0.5, 0.6) is 5.75 Å². The van der Waals surface area contributed by atoms with Gasteiger partial charge >= 0.3 is 5.97 Å². The molecule has 0 amide bonds. The van der Waals surface area contributed by atoms with Gasteiger partial charge in [0.2, 0.25) is 0 Å². The number of rotatable bonds is 3. The van der Waals surface area contributed by atoms with Crippen LogP contribution in [0, 0.1) is 0 Å². The van der Waals surface area contributed by atoms with E-state index in [9.17, 15) is 4.79 Å². The highest BCUT2D eigenvalue weighted by Gasteiger charge is 2.30. The van der Waals surface area contributed by atoms with Crippen LogP contribution in [0.3, 0.4) is 0 Å². The third kappa shape index (κ3) is 2.75. The minimum atomic E-state index is -0.391. The van der Waals surface area contributed by atoms with Crippen LogP contribution in [-0.4, -0.2) is 25.3 Å². The first-order valence-electron chi connectivity index (χ1n) is 6.07. The molecule has 20 heavy (non-hydrogen) atoms. The van der Waals surface area contributed by atoms with E-state index in [0.29, 0.717) is 16.4 Å². The molecular formula is C14H16N2O3S. The second-order valence-corrected chi connectivity index (χ2v) is 4.75. The van der Waals surface area contributed by atoms with Crippen molar-refractivity contribution in [3.05, 3.63) is 41.1 Å². The average Bonchev–Trinajstić information content (AvgIpc) is 2.45. The molecule has 0 aromatic heterocycles. The predicted octanol–water partition coefficient (Wildman–Crippen LogP) is 1.66. The molecule has 6 heteroatoms. The van der Waals surface area contributed by atoms with Crippen LogP contribution >= 0.6 is 12.2 Å². The summed E-state index contributed by atoms with van der Waals surface area (Å²) in [7, 11) is 2.96. The van der Waals surface area contributed by atoms with Crippen molar-refractivity contribution in [1.29, 1.82) is 0 Å². The molecule has 5 nitrogen and oxygen atoms in total. The second-order valence-electron chi connectivity index (χ2n) is 4.34. The second kappa shape index (κ2) is 5.92. The summed E-state index contributed by atoms with van der Waals surface area (Å²) < 4.78 is 10.1. The lowest BCUT2D eigenvalue weighted by atomic mass is 9.95. The number of allylic oxidation sites excluding steroid dienone is 1. The zero-order valence-electron chi connectivity index (χ0n) is 11.5. The van der Waals surface area contributed by atoms with Gasteiger partial charge in [0, 0.05) is 5.70 Å². The first kappa shape index (κ1) is 14.3. The van der Waals surface area contributed by atoms with Gasteiger partial charge in [-0.3, -0.25) is 0 Å². The van der Waals surface area contributed by atoms with E-state index in [1.54, 1.807) is 14.0 Å². The number of benzene rings is 1. The summed E-state index contributed by atoms with van der Waals surface area (Å²) >= 11 is 5.16. The van der Waals surface area contributed by atoms with Gasteiger partial charge in [0.05, 0.1) is 25.8 Å². The molecule has 0 saturated carbocycles. The Hall–Kier alpha value is -2.08. The van der Waals surface area contributed by atoms with Gasteiger partial charge in [0.1, 0.15) is 5.75 Å². The molecule has 1 heterocycles. The van der Waals surface area contributed by atoms with Crippen LogP contribution in [0.25, 0.3) is 0 Å². The molecule has 1 aliphatic heterocycles. The van der Waals surface area contributed by atoms with Crippen molar-refractivity contribution in [2.75, 3.05) is 14.2 Å². The number of hydrogen-bond acceptors (Lipinski definition) is 4. The molecule has 1 unspecified atom stereocenters. The van der Waals surface area contributed by atoms with Gasteiger partial charge in [-0.2, -0.15) is 0 Å². The number of methoxy groups -OCH3 is 2. The Morgan fingerprint density at radius 2 is 2.10 bits per heavy atom. The Morgan fingerprint density at radius 1 is 1.35 bits per heavy atom. The van der Waals surface area contributed by atoms with Crippen molar-refractivity contribution in [3.63, 3.8) is 0 Å². The normalized spacial score (nSPS) is 18.1. The number of hydrogen-bond donors (Lipinski definition) is 2. The number of carbonyl (C=O) groups is 1. The van der Waals surface area contributed by atoms with Gasteiger partial charge in [-0.05, 0) is 36.8 Å². The molecule has 1 aliphatic rings. The highest BCUT2D eigenvalue weighted by Crippen LogP contribution is 2.29. The Labute approximate surface area is 123 Å². The molecule has 106 valence electrons. The van der Waals surface area contributed by atoms with Crippen LogP contribution in [0.1, 0.15) is 18.5 Å². The minimum absolute atomic E-state index is 0.355. The molecule has 1 aromatic rings. The summed E-state index contributed by atoms with van der Waals surface area (Å²) in [5.74, 6) is 0.327. The fourth-order valence-electron chi connectivity index (χ4n) is 2.15. The van der Waals surface area contributed by atoms with Crippen LogP contribution in [0.15, 0.2) is 35.5 Å². The number of carbonyl (C=O) groups excluding carboxylic acids is 1. The van der Waals surface area contributed by atoms with E-state index in [-0.39, 0.29) is 6.04 Å². The lowest BCUT2D eigenvalue weighted by Gasteiger charge is -2.29. The van der Waals surface area contributed by atoms with Crippen LogP contribution in [0.4, 0.5) is 0 Å². The molecule has 1 atom stereocenters. The maximum atomic E-state index is 12.0. The van der Waals surface area contributed by atoms with E-state index in [1.807, 2.05) is 24.3 Å². The molecule has 0 fully saturated rings. The highest BCUT2D eigenvalue weighted by atomic mass is 32.1. The van der Waals surface area contributed by atoms with Gasteiger partial charge in [-0.15, -0.1) is 0 Å². The first-order chi connectivity index (χ1) is 9.56. The monoisotopic (exact) mass is 292 g/mol. The quantitative estimate of drug-likeness (QED) is 0.653. The van der Waals surface area contributed by atoms with Crippen molar-refractivity contribution in [2.45, 2.75) is 13.0 Å². The molecule has 2 N–H and O–H groups in total. The third-order valence-electron chi connectivity index (χ3n) is 3.10. The van der Waals surface area contributed by atoms with Crippen molar-refractivity contribution in [3.8, 4) is 5.75 Å². The van der Waals surface area contributed by atoms with Gasteiger partial charge in [0.15, 0.2) is 5.11 Å². The van der Waals surface area contributed by atoms with E-state index in [2.05, 4.69) is 10.6 Å². The highest BCUT2D eigenvalue weighted by molar-refractivity contribution is 7.80. The Kier molecular flexibility index (Phi) is 4.24. The van der Waals surface area contributed by atoms with E-state index in [1.165, 1.54) is 7.11 Å². The molecule has 0 aliphatic carbocycles.